The van der Waals surface area contributed by atoms with Gasteiger partial charge in [0.05, 0.1) is 0 Å². The maximum Gasteiger partial charge on any atom is 0.0347 e. The summed E-state index contributed by atoms with van der Waals surface area (Å²) in [5.41, 5.74) is 12.3. The highest BCUT2D eigenvalue weighted by Gasteiger charge is 2.19. The van der Waals surface area contributed by atoms with Crippen molar-refractivity contribution in [2.24, 2.45) is 5.73 Å². The molecule has 1 aliphatic carbocycles. The molecule has 4 nitrogen and oxygen atoms in total. The number of aromatic nitrogens is 1. The molecule has 1 aliphatic rings. The Labute approximate surface area is 142 Å². The quantitative estimate of drug-likeness (QED) is 0.742. The summed E-state index contributed by atoms with van der Waals surface area (Å²) in [7, 11) is 0. The van der Waals surface area contributed by atoms with Crippen LogP contribution in [0.5, 0.6) is 0 Å². The van der Waals surface area contributed by atoms with Gasteiger partial charge in [0.1, 0.15) is 0 Å². The third kappa shape index (κ3) is 3.38. The molecule has 0 aliphatic heterocycles. The van der Waals surface area contributed by atoms with Crippen LogP contribution in [0.1, 0.15) is 27.8 Å². The Balaban J connectivity index is 1.69. The highest BCUT2D eigenvalue weighted by molar-refractivity contribution is 6.09. The lowest BCUT2D eigenvalue weighted by Gasteiger charge is -2.09. The van der Waals surface area contributed by atoms with E-state index in [-0.39, 0.29) is 0 Å². The van der Waals surface area contributed by atoms with Crippen molar-refractivity contribution < 1.29 is 0 Å². The normalized spacial score (nSPS) is 17.0. The van der Waals surface area contributed by atoms with Crippen LogP contribution in [0.2, 0.25) is 0 Å². The molecule has 0 fully saturated rings. The van der Waals surface area contributed by atoms with Gasteiger partial charge in [-0.15, -0.1) is 0 Å². The lowest BCUT2D eigenvalue weighted by Crippen LogP contribution is -2.24. The fourth-order valence-corrected chi connectivity index (χ4v) is 3.16. The third-order valence-electron chi connectivity index (χ3n) is 4.39. The van der Waals surface area contributed by atoms with Crippen molar-refractivity contribution >= 4 is 17.9 Å². The smallest absolute Gasteiger partial charge is 0.0347 e. The van der Waals surface area contributed by atoms with Crippen LogP contribution in [0.25, 0.3) is 11.6 Å². The van der Waals surface area contributed by atoms with E-state index in [4.69, 9.17) is 11.1 Å². The molecule has 1 aromatic heterocycles. The molecule has 4 N–H and O–H groups in total. The number of hydrogen-bond acceptors (Lipinski definition) is 4. The molecule has 1 aromatic carbocycles. The SMILES string of the molecule is Cc1ccc2c(c1)CC(N/C=C/c1cnccc1/C(C=N)=C/N)C2. The van der Waals surface area contributed by atoms with E-state index in [2.05, 4.69) is 35.4 Å². The molecule has 4 heteroatoms. The van der Waals surface area contributed by atoms with Crippen LogP contribution in [0, 0.1) is 12.3 Å². The van der Waals surface area contributed by atoms with E-state index in [0.29, 0.717) is 11.6 Å². The molecular weight excluding hydrogens is 296 g/mol. The van der Waals surface area contributed by atoms with Crippen LogP contribution < -0.4 is 11.1 Å². The number of nitrogens with zero attached hydrogens (tertiary/aromatic N) is 1. The highest BCUT2D eigenvalue weighted by atomic mass is 14.9. The van der Waals surface area contributed by atoms with Gasteiger partial charge < -0.3 is 16.5 Å². The van der Waals surface area contributed by atoms with E-state index in [1.165, 1.54) is 29.1 Å². The molecule has 2 aromatic rings. The summed E-state index contributed by atoms with van der Waals surface area (Å²) in [5.74, 6) is 0. The monoisotopic (exact) mass is 318 g/mol. The zero-order chi connectivity index (χ0) is 16.9. The van der Waals surface area contributed by atoms with Gasteiger partial charge in [-0.25, -0.2) is 0 Å². The number of pyridine rings is 1. The number of aryl methyl sites for hydroxylation is 1. The van der Waals surface area contributed by atoms with Gasteiger partial charge in [-0.2, -0.15) is 0 Å². The molecule has 0 bridgehead atoms. The van der Waals surface area contributed by atoms with Gasteiger partial charge in [0, 0.05) is 42.0 Å². The van der Waals surface area contributed by atoms with Gasteiger partial charge in [0.15, 0.2) is 0 Å². The molecule has 1 atom stereocenters. The lowest BCUT2D eigenvalue weighted by atomic mass is 10.0. The van der Waals surface area contributed by atoms with Crippen LogP contribution in [0.15, 0.2) is 49.1 Å². The predicted molar refractivity (Wildman–Crippen MR) is 99.7 cm³/mol. The Kier molecular flexibility index (Phi) is 4.75. The maximum atomic E-state index is 7.47. The Morgan fingerprint density at radius 2 is 2.12 bits per heavy atom. The summed E-state index contributed by atoms with van der Waals surface area (Å²) in [6.07, 6.45) is 12.3. The summed E-state index contributed by atoms with van der Waals surface area (Å²) in [4.78, 5) is 4.17. The average molecular weight is 318 g/mol. The standard InChI is InChI=1S/C20H22N4/c1-14-2-3-15-9-19(10-17(15)8-14)24-7-4-16-13-23-6-5-20(16)18(11-21)12-22/h2-8,11-13,19,21,24H,9-10,22H2,1H3/b7-4+,18-12+,21-11?. The van der Waals surface area contributed by atoms with E-state index < -0.39 is 0 Å². The first-order chi connectivity index (χ1) is 11.7. The van der Waals surface area contributed by atoms with Crippen LogP contribution in [0.4, 0.5) is 0 Å². The fraction of sp³-hybridized carbons (Fsp3) is 0.200. The van der Waals surface area contributed by atoms with Gasteiger partial charge in [-0.3, -0.25) is 4.98 Å². The number of hydrogen-bond donors (Lipinski definition) is 3. The van der Waals surface area contributed by atoms with E-state index in [9.17, 15) is 0 Å². The number of nitrogens with two attached hydrogens (primary N) is 1. The van der Waals surface area contributed by atoms with Crippen molar-refractivity contribution in [3.8, 4) is 0 Å². The van der Waals surface area contributed by atoms with Crippen molar-refractivity contribution in [2.75, 3.05) is 0 Å². The topological polar surface area (TPSA) is 74.8 Å². The minimum atomic E-state index is 0.422. The van der Waals surface area contributed by atoms with Crippen molar-refractivity contribution in [3.63, 3.8) is 0 Å². The molecule has 1 heterocycles. The van der Waals surface area contributed by atoms with Crippen molar-refractivity contribution in [3.05, 3.63) is 76.9 Å². The van der Waals surface area contributed by atoms with Crippen molar-refractivity contribution in [2.45, 2.75) is 25.8 Å². The van der Waals surface area contributed by atoms with Crippen molar-refractivity contribution in [1.82, 2.24) is 10.3 Å². The Morgan fingerprint density at radius 1 is 1.29 bits per heavy atom. The largest absolute Gasteiger partial charge is 0.404 e. The first kappa shape index (κ1) is 16.0. The second kappa shape index (κ2) is 7.13. The number of nitrogens with one attached hydrogen (secondary N) is 2. The van der Waals surface area contributed by atoms with Crippen LogP contribution in [-0.2, 0) is 12.8 Å². The van der Waals surface area contributed by atoms with Gasteiger partial charge in [0.25, 0.3) is 0 Å². The predicted octanol–water partition coefficient (Wildman–Crippen LogP) is 3.07. The zero-order valence-corrected chi connectivity index (χ0v) is 13.8. The molecule has 1 unspecified atom stereocenters. The van der Waals surface area contributed by atoms with E-state index >= 15 is 0 Å². The van der Waals surface area contributed by atoms with Crippen LogP contribution in [0.3, 0.4) is 0 Å². The molecule has 0 radical (unpaired) electrons. The van der Waals surface area contributed by atoms with Crippen molar-refractivity contribution in [1.29, 1.82) is 5.41 Å². The molecule has 0 amide bonds. The Morgan fingerprint density at radius 3 is 2.92 bits per heavy atom. The zero-order valence-electron chi connectivity index (χ0n) is 13.8. The molecular formula is C20H22N4. The number of benzene rings is 1. The van der Waals surface area contributed by atoms with Gasteiger partial charge >= 0.3 is 0 Å². The minimum Gasteiger partial charge on any atom is -0.404 e. The minimum absolute atomic E-state index is 0.422. The molecule has 0 saturated carbocycles. The average Bonchev–Trinajstić information content (AvgIpc) is 2.99. The molecule has 0 spiro atoms. The lowest BCUT2D eigenvalue weighted by molar-refractivity contribution is 0.622. The summed E-state index contributed by atoms with van der Waals surface area (Å²) < 4.78 is 0. The van der Waals surface area contributed by atoms with E-state index in [1.807, 2.05) is 18.3 Å². The fourth-order valence-electron chi connectivity index (χ4n) is 3.16. The molecule has 122 valence electrons. The first-order valence-corrected chi connectivity index (χ1v) is 8.09. The number of fused-ring (bicyclic) bond motifs is 1. The molecule has 24 heavy (non-hydrogen) atoms. The van der Waals surface area contributed by atoms with E-state index in [1.54, 1.807) is 12.4 Å². The summed E-state index contributed by atoms with van der Waals surface area (Å²) in [5, 5.41) is 10.9. The second-order valence-corrected chi connectivity index (χ2v) is 6.11. The second-order valence-electron chi connectivity index (χ2n) is 6.11. The first-order valence-electron chi connectivity index (χ1n) is 8.09. The van der Waals surface area contributed by atoms with E-state index in [0.717, 1.165) is 24.0 Å². The third-order valence-corrected chi connectivity index (χ3v) is 4.39. The molecule has 0 saturated heterocycles. The van der Waals surface area contributed by atoms with Gasteiger partial charge in [0.2, 0.25) is 0 Å². The number of allylic oxidation sites excluding steroid dienone is 1. The van der Waals surface area contributed by atoms with Crippen LogP contribution in [-0.4, -0.2) is 17.2 Å². The summed E-state index contributed by atoms with van der Waals surface area (Å²) in [6, 6.07) is 8.99. The van der Waals surface area contributed by atoms with Gasteiger partial charge in [-0.05, 0) is 54.8 Å². The summed E-state index contributed by atoms with van der Waals surface area (Å²) in [6.45, 7) is 2.14. The Hall–Kier alpha value is -2.88. The Bertz CT molecular complexity index is 805. The van der Waals surface area contributed by atoms with Crippen LogP contribution >= 0.6 is 0 Å². The summed E-state index contributed by atoms with van der Waals surface area (Å²) >= 11 is 0. The maximum absolute atomic E-state index is 7.47. The van der Waals surface area contributed by atoms with Gasteiger partial charge in [-0.1, -0.05) is 23.8 Å². The number of rotatable bonds is 5. The highest BCUT2D eigenvalue weighted by Crippen LogP contribution is 2.23. The molecule has 3 rings (SSSR count).